The van der Waals surface area contributed by atoms with Gasteiger partial charge in [0, 0.05) is 17.4 Å². The molecule has 0 fully saturated rings. The van der Waals surface area contributed by atoms with Gasteiger partial charge in [-0.2, -0.15) is 0 Å². The van der Waals surface area contributed by atoms with Gasteiger partial charge in [0.05, 0.1) is 7.11 Å². The number of carbonyl (C=O) groups excluding carboxylic acids is 2. The number of benzene rings is 2. The van der Waals surface area contributed by atoms with E-state index >= 15 is 0 Å². The first-order valence-electron chi connectivity index (χ1n) is 7.37. The minimum atomic E-state index is -0.514. The van der Waals surface area contributed by atoms with Crippen LogP contribution in [0.25, 0.3) is 0 Å². The van der Waals surface area contributed by atoms with Gasteiger partial charge in [0.15, 0.2) is 0 Å². The molecular formula is C18H18ClNO4. The molecule has 2 aromatic carbocycles. The van der Waals surface area contributed by atoms with Gasteiger partial charge in [-0.3, -0.25) is 9.59 Å². The highest BCUT2D eigenvalue weighted by atomic mass is 35.5. The van der Waals surface area contributed by atoms with Crippen molar-refractivity contribution in [3.63, 3.8) is 0 Å². The van der Waals surface area contributed by atoms with E-state index in [2.05, 4.69) is 10.1 Å². The summed E-state index contributed by atoms with van der Waals surface area (Å²) in [6.45, 7) is -0.183. The summed E-state index contributed by atoms with van der Waals surface area (Å²) in [6.07, 6.45) is 0.112. The molecule has 0 aliphatic carbocycles. The molecule has 0 saturated heterocycles. The number of methoxy groups -OCH3 is 1. The number of amides is 1. The van der Waals surface area contributed by atoms with Crippen LogP contribution in [-0.4, -0.2) is 30.6 Å². The van der Waals surface area contributed by atoms with Gasteiger partial charge in [0.2, 0.25) is 5.91 Å². The number of carbonyl (C=O) groups is 2. The van der Waals surface area contributed by atoms with Gasteiger partial charge in [-0.15, -0.1) is 0 Å². The van der Waals surface area contributed by atoms with Crippen molar-refractivity contribution in [2.24, 2.45) is 0 Å². The van der Waals surface area contributed by atoms with Crippen molar-refractivity contribution in [1.29, 1.82) is 0 Å². The maximum Gasteiger partial charge on any atom is 0.325 e. The van der Waals surface area contributed by atoms with Gasteiger partial charge >= 0.3 is 5.97 Å². The fourth-order valence-corrected chi connectivity index (χ4v) is 2.59. The van der Waals surface area contributed by atoms with Gasteiger partial charge in [-0.05, 0) is 35.4 Å². The Morgan fingerprint density at radius 1 is 1.17 bits per heavy atom. The minimum absolute atomic E-state index is 0.112. The summed E-state index contributed by atoms with van der Waals surface area (Å²) in [4.78, 5) is 23.3. The second kappa shape index (κ2) is 8.36. The van der Waals surface area contributed by atoms with Crippen LogP contribution in [0.3, 0.4) is 0 Å². The second-order valence-electron chi connectivity index (χ2n) is 5.26. The number of ether oxygens (including phenoxy) is 1. The highest BCUT2D eigenvalue weighted by Crippen LogP contribution is 2.31. The van der Waals surface area contributed by atoms with Crippen molar-refractivity contribution in [3.05, 3.63) is 64.7 Å². The summed E-state index contributed by atoms with van der Waals surface area (Å²) in [7, 11) is 1.26. The van der Waals surface area contributed by atoms with Gasteiger partial charge in [0.25, 0.3) is 0 Å². The molecule has 0 unspecified atom stereocenters. The fourth-order valence-electron chi connectivity index (χ4n) is 2.39. The van der Waals surface area contributed by atoms with E-state index in [9.17, 15) is 14.7 Å². The molecule has 126 valence electrons. The van der Waals surface area contributed by atoms with Crippen LogP contribution in [0.2, 0.25) is 5.02 Å². The molecular weight excluding hydrogens is 330 g/mol. The lowest BCUT2D eigenvalue weighted by Gasteiger charge is -2.18. The van der Waals surface area contributed by atoms with Gasteiger partial charge in [-0.1, -0.05) is 35.9 Å². The standard InChI is InChI=1S/C18H18ClNO4/c1-24-18(23)11-20-17(22)10-16(12-4-2-6-14(19)8-12)13-5-3-7-15(21)9-13/h2-9,16,21H,10-11H2,1H3,(H,20,22)/t16-/m0/s1. The smallest absolute Gasteiger partial charge is 0.325 e. The van der Waals surface area contributed by atoms with Crippen LogP contribution in [0.5, 0.6) is 5.75 Å². The largest absolute Gasteiger partial charge is 0.508 e. The maximum atomic E-state index is 12.2. The Hall–Kier alpha value is -2.53. The zero-order chi connectivity index (χ0) is 17.5. The van der Waals surface area contributed by atoms with Crippen molar-refractivity contribution in [1.82, 2.24) is 5.32 Å². The lowest BCUT2D eigenvalue weighted by Crippen LogP contribution is -2.31. The monoisotopic (exact) mass is 347 g/mol. The third kappa shape index (κ3) is 4.99. The first kappa shape index (κ1) is 17.8. The van der Waals surface area contributed by atoms with Crippen molar-refractivity contribution in [3.8, 4) is 5.75 Å². The highest BCUT2D eigenvalue weighted by Gasteiger charge is 2.19. The van der Waals surface area contributed by atoms with E-state index < -0.39 is 5.97 Å². The zero-order valence-electron chi connectivity index (χ0n) is 13.2. The Morgan fingerprint density at radius 3 is 2.46 bits per heavy atom. The van der Waals surface area contributed by atoms with E-state index in [1.807, 2.05) is 12.1 Å². The summed E-state index contributed by atoms with van der Waals surface area (Å²) >= 11 is 6.05. The van der Waals surface area contributed by atoms with E-state index in [4.69, 9.17) is 11.6 Å². The van der Waals surface area contributed by atoms with Crippen LogP contribution >= 0.6 is 11.6 Å². The van der Waals surface area contributed by atoms with Crippen LogP contribution in [0.1, 0.15) is 23.5 Å². The van der Waals surface area contributed by atoms with E-state index in [1.165, 1.54) is 7.11 Å². The molecule has 0 heterocycles. The van der Waals surface area contributed by atoms with Crippen molar-refractivity contribution in [2.75, 3.05) is 13.7 Å². The number of aromatic hydroxyl groups is 1. The summed E-state index contributed by atoms with van der Waals surface area (Å²) in [6, 6.07) is 13.9. The third-order valence-corrected chi connectivity index (χ3v) is 3.81. The lowest BCUT2D eigenvalue weighted by atomic mass is 9.88. The molecule has 0 bridgehead atoms. The number of hydrogen-bond donors (Lipinski definition) is 2. The molecule has 5 nitrogen and oxygen atoms in total. The summed E-state index contributed by atoms with van der Waals surface area (Å²) in [5, 5.41) is 12.8. The van der Waals surface area contributed by atoms with Crippen molar-refractivity contribution in [2.45, 2.75) is 12.3 Å². The molecule has 0 spiro atoms. The molecule has 1 atom stereocenters. The third-order valence-electron chi connectivity index (χ3n) is 3.57. The van der Waals surface area contributed by atoms with Crippen molar-refractivity contribution < 1.29 is 19.4 Å². The van der Waals surface area contributed by atoms with Gasteiger partial charge in [-0.25, -0.2) is 0 Å². The number of halogens is 1. The fraction of sp³-hybridized carbons (Fsp3) is 0.222. The molecule has 1 amide bonds. The van der Waals surface area contributed by atoms with Gasteiger partial charge in [0.1, 0.15) is 12.3 Å². The average Bonchev–Trinajstić information content (AvgIpc) is 2.57. The molecule has 0 aliphatic rings. The second-order valence-corrected chi connectivity index (χ2v) is 5.70. The van der Waals surface area contributed by atoms with Gasteiger partial charge < -0.3 is 15.2 Å². The maximum absolute atomic E-state index is 12.2. The number of phenols is 1. The Morgan fingerprint density at radius 2 is 1.83 bits per heavy atom. The summed E-state index contributed by atoms with van der Waals surface area (Å²) in [5.74, 6) is -0.989. The molecule has 0 radical (unpaired) electrons. The average molecular weight is 348 g/mol. The van der Waals surface area contributed by atoms with Crippen LogP contribution in [0, 0.1) is 0 Å². The van der Waals surface area contributed by atoms with Crippen LogP contribution in [0.15, 0.2) is 48.5 Å². The van der Waals surface area contributed by atoms with E-state index in [0.717, 1.165) is 11.1 Å². The summed E-state index contributed by atoms with van der Waals surface area (Å²) < 4.78 is 4.50. The quantitative estimate of drug-likeness (QED) is 0.788. The lowest BCUT2D eigenvalue weighted by molar-refractivity contribution is -0.141. The molecule has 0 saturated carbocycles. The Labute approximate surface area is 145 Å². The molecule has 2 rings (SSSR count). The minimum Gasteiger partial charge on any atom is -0.508 e. The first-order valence-corrected chi connectivity index (χ1v) is 7.75. The predicted molar refractivity (Wildman–Crippen MR) is 91.0 cm³/mol. The first-order chi connectivity index (χ1) is 11.5. The molecule has 0 aliphatic heterocycles. The number of hydrogen-bond acceptors (Lipinski definition) is 4. The van der Waals surface area contributed by atoms with Crippen molar-refractivity contribution >= 4 is 23.5 Å². The van der Waals surface area contributed by atoms with E-state index in [-0.39, 0.29) is 30.5 Å². The van der Waals surface area contributed by atoms with Crippen LogP contribution in [0.4, 0.5) is 0 Å². The highest BCUT2D eigenvalue weighted by molar-refractivity contribution is 6.30. The SMILES string of the molecule is COC(=O)CNC(=O)C[C@H](c1cccc(O)c1)c1cccc(Cl)c1. The van der Waals surface area contributed by atoms with E-state index in [1.54, 1.807) is 36.4 Å². The van der Waals surface area contributed by atoms with Crippen LogP contribution in [-0.2, 0) is 14.3 Å². The summed E-state index contributed by atoms with van der Waals surface area (Å²) in [5.41, 5.74) is 1.63. The number of rotatable bonds is 6. The molecule has 2 aromatic rings. The number of nitrogens with one attached hydrogen (secondary N) is 1. The topological polar surface area (TPSA) is 75.6 Å². The molecule has 0 aromatic heterocycles. The van der Waals surface area contributed by atoms with Crippen LogP contribution < -0.4 is 5.32 Å². The molecule has 2 N–H and O–H groups in total. The molecule has 24 heavy (non-hydrogen) atoms. The Kier molecular flexibility index (Phi) is 6.21. The molecule has 6 heteroatoms. The Balaban J connectivity index is 2.23. The van der Waals surface area contributed by atoms with E-state index in [0.29, 0.717) is 5.02 Å². The number of esters is 1. The zero-order valence-corrected chi connectivity index (χ0v) is 13.9. The normalized spacial score (nSPS) is 11.6. The number of phenolic OH excluding ortho intramolecular Hbond substituents is 1. The Bertz CT molecular complexity index is 687. The predicted octanol–water partition coefficient (Wildman–Crippen LogP) is 2.86.